The summed E-state index contributed by atoms with van der Waals surface area (Å²) in [6.07, 6.45) is -4.35. The number of hydrogen-bond donors (Lipinski definition) is 4. The highest BCUT2D eigenvalue weighted by Gasteiger charge is 2.44. The van der Waals surface area contributed by atoms with E-state index >= 15 is 0 Å². The topological polar surface area (TPSA) is 104 Å². The molecule has 4 N–H and O–H groups in total. The molecular weight excluding hydrogens is 405 g/mol. The van der Waals surface area contributed by atoms with Crippen LogP contribution in [-0.4, -0.2) is 63.1 Å². The van der Waals surface area contributed by atoms with Gasteiger partial charge in [-0.2, -0.15) is 0 Å². The van der Waals surface area contributed by atoms with E-state index in [-0.39, 0.29) is 5.82 Å². The minimum Gasteiger partial charge on any atom is -0.497 e. The van der Waals surface area contributed by atoms with Gasteiger partial charge in [0.05, 0.1) is 19.2 Å². The minimum atomic E-state index is -1.49. The molecule has 7 nitrogen and oxygen atoms in total. The number of ether oxygens (including phenoxy) is 2. The molecule has 0 radical (unpaired) electrons. The molecule has 0 aliphatic carbocycles. The summed E-state index contributed by atoms with van der Waals surface area (Å²) in [7, 11) is 1.48. The highest BCUT2D eigenvalue weighted by molar-refractivity contribution is 5.87. The summed E-state index contributed by atoms with van der Waals surface area (Å²) in [5.74, 6) is 0.0431. The van der Waals surface area contributed by atoms with E-state index < -0.39 is 37.3 Å². The number of aliphatic hydroxyl groups is 4. The van der Waals surface area contributed by atoms with E-state index in [4.69, 9.17) is 9.47 Å². The van der Waals surface area contributed by atoms with Crippen molar-refractivity contribution < 1.29 is 34.3 Å². The van der Waals surface area contributed by atoms with Crippen LogP contribution in [0.2, 0.25) is 0 Å². The van der Waals surface area contributed by atoms with Gasteiger partial charge in [-0.15, -0.1) is 0 Å². The molecular formula is C23H26FNO6. The number of nitrogens with zero attached hydrogens (tertiary/aromatic N) is 1. The molecule has 1 aliphatic heterocycles. The van der Waals surface area contributed by atoms with Crippen LogP contribution in [0.4, 0.5) is 4.39 Å². The van der Waals surface area contributed by atoms with E-state index in [0.29, 0.717) is 17.7 Å². The smallest absolute Gasteiger partial charge is 0.163 e. The summed E-state index contributed by atoms with van der Waals surface area (Å²) < 4.78 is 27.1. The van der Waals surface area contributed by atoms with Gasteiger partial charge in [-0.25, -0.2) is 4.39 Å². The number of methoxy groups -OCH3 is 1. The number of aryl methyl sites for hydroxylation is 1. The molecule has 1 saturated heterocycles. The van der Waals surface area contributed by atoms with Crippen molar-refractivity contribution in [1.29, 1.82) is 0 Å². The first-order valence-electron chi connectivity index (χ1n) is 10.1. The number of benzene rings is 2. The van der Waals surface area contributed by atoms with E-state index in [1.54, 1.807) is 22.9 Å². The van der Waals surface area contributed by atoms with Crippen molar-refractivity contribution in [3.05, 3.63) is 65.1 Å². The van der Waals surface area contributed by atoms with Crippen LogP contribution in [-0.2, 0) is 11.2 Å². The largest absolute Gasteiger partial charge is 0.497 e. The van der Waals surface area contributed by atoms with Crippen molar-refractivity contribution in [2.75, 3.05) is 13.7 Å². The molecule has 4 rings (SSSR count). The molecule has 1 aliphatic rings. The lowest BCUT2D eigenvalue weighted by molar-refractivity contribution is -0.250. The lowest BCUT2D eigenvalue weighted by Gasteiger charge is -2.40. The van der Waals surface area contributed by atoms with Gasteiger partial charge in [-0.1, -0.05) is 24.3 Å². The monoisotopic (exact) mass is 431 g/mol. The van der Waals surface area contributed by atoms with Crippen molar-refractivity contribution in [3.63, 3.8) is 0 Å². The van der Waals surface area contributed by atoms with Crippen molar-refractivity contribution in [2.45, 2.75) is 44.0 Å². The average Bonchev–Trinajstić information content (AvgIpc) is 3.13. The molecule has 2 aromatic carbocycles. The van der Waals surface area contributed by atoms with Crippen molar-refractivity contribution in [3.8, 4) is 5.75 Å². The summed E-state index contributed by atoms with van der Waals surface area (Å²) in [6.45, 7) is 1.39. The van der Waals surface area contributed by atoms with Crippen molar-refractivity contribution >= 4 is 10.9 Å². The van der Waals surface area contributed by atoms with Crippen LogP contribution in [0.5, 0.6) is 5.75 Å². The molecule has 31 heavy (non-hydrogen) atoms. The summed E-state index contributed by atoms with van der Waals surface area (Å²) in [5.41, 5.74) is 2.95. The van der Waals surface area contributed by atoms with Gasteiger partial charge in [0.25, 0.3) is 0 Å². The molecule has 0 bridgehead atoms. The summed E-state index contributed by atoms with van der Waals surface area (Å²) in [5, 5.41) is 41.3. The van der Waals surface area contributed by atoms with Gasteiger partial charge in [-0.05, 0) is 29.7 Å². The molecule has 0 unspecified atom stereocenters. The van der Waals surface area contributed by atoms with Gasteiger partial charge in [0.1, 0.15) is 36.0 Å². The molecule has 2 heterocycles. The van der Waals surface area contributed by atoms with Gasteiger partial charge in [0.2, 0.25) is 0 Å². The minimum absolute atomic E-state index is 0.292. The second kappa shape index (κ2) is 8.57. The predicted molar refractivity (Wildman–Crippen MR) is 111 cm³/mol. The lowest BCUT2D eigenvalue weighted by Crippen LogP contribution is -2.56. The van der Waals surface area contributed by atoms with Gasteiger partial charge in [-0.3, -0.25) is 0 Å². The molecule has 0 amide bonds. The second-order valence-electron chi connectivity index (χ2n) is 7.89. The molecule has 8 heteroatoms. The maximum atomic E-state index is 14.6. The Labute approximate surface area is 178 Å². The van der Waals surface area contributed by atoms with Crippen molar-refractivity contribution in [2.24, 2.45) is 0 Å². The normalized spacial score (nSPS) is 26.4. The van der Waals surface area contributed by atoms with Crippen LogP contribution in [0.25, 0.3) is 10.9 Å². The van der Waals surface area contributed by atoms with Crippen LogP contribution >= 0.6 is 0 Å². The van der Waals surface area contributed by atoms with Gasteiger partial charge < -0.3 is 34.5 Å². The number of halogens is 1. The Hall–Kier alpha value is -2.49. The molecule has 1 aromatic heterocycles. The van der Waals surface area contributed by atoms with Crippen LogP contribution in [0.1, 0.15) is 22.9 Å². The predicted octanol–water partition coefficient (Wildman–Crippen LogP) is 1.66. The van der Waals surface area contributed by atoms with Gasteiger partial charge >= 0.3 is 0 Å². The van der Waals surface area contributed by atoms with Crippen LogP contribution < -0.4 is 4.74 Å². The summed E-state index contributed by atoms with van der Waals surface area (Å²) in [6, 6.07) is 10.4. The van der Waals surface area contributed by atoms with E-state index in [1.807, 2.05) is 25.1 Å². The fourth-order valence-corrected chi connectivity index (χ4v) is 4.22. The number of aliphatic hydroxyl groups excluding tert-OH is 4. The Morgan fingerprint density at radius 2 is 1.84 bits per heavy atom. The Bertz CT molecular complexity index is 1080. The zero-order valence-corrected chi connectivity index (χ0v) is 17.3. The number of rotatable bonds is 5. The standard InChI is InChI=1S/C23H26FNO6/c1-12-4-3-5-16-14(8-13-6-7-15(30-2)9-17(13)24)10-25(19(12)16)23-22(29)21(28)20(27)18(11-26)31-23/h3-7,9-10,18,20-23,26-29H,8,11H2,1-2H3/t18-,20-,21+,22-,23-/m1/s1. The highest BCUT2D eigenvalue weighted by atomic mass is 19.1. The maximum Gasteiger partial charge on any atom is 0.163 e. The fraction of sp³-hybridized carbons (Fsp3) is 0.391. The molecule has 0 saturated carbocycles. The Morgan fingerprint density at radius 1 is 1.06 bits per heavy atom. The molecule has 3 aromatic rings. The third kappa shape index (κ3) is 3.81. The Balaban J connectivity index is 1.79. The van der Waals surface area contributed by atoms with E-state index in [0.717, 1.165) is 22.0 Å². The SMILES string of the molecule is COc1ccc(Cc2cn([C@@H]3O[C@H](CO)[C@@H](O)[C@H](O)[C@H]3O)c3c(C)cccc23)c(F)c1. The average molecular weight is 431 g/mol. The zero-order chi connectivity index (χ0) is 22.3. The highest BCUT2D eigenvalue weighted by Crippen LogP contribution is 2.35. The Morgan fingerprint density at radius 3 is 2.52 bits per heavy atom. The van der Waals surface area contributed by atoms with Crippen molar-refractivity contribution in [1.82, 2.24) is 4.57 Å². The van der Waals surface area contributed by atoms with Gasteiger partial charge in [0, 0.05) is 24.1 Å². The number of para-hydroxylation sites is 1. The summed E-state index contributed by atoms with van der Waals surface area (Å²) >= 11 is 0. The van der Waals surface area contributed by atoms with E-state index in [2.05, 4.69) is 0 Å². The van der Waals surface area contributed by atoms with Gasteiger partial charge in [0.15, 0.2) is 6.23 Å². The first-order valence-corrected chi connectivity index (χ1v) is 10.1. The van der Waals surface area contributed by atoms with Crippen LogP contribution in [0.15, 0.2) is 42.6 Å². The summed E-state index contributed by atoms with van der Waals surface area (Å²) in [4.78, 5) is 0. The number of hydrogen-bond acceptors (Lipinski definition) is 6. The van der Waals surface area contributed by atoms with Crippen LogP contribution in [0.3, 0.4) is 0 Å². The fourth-order valence-electron chi connectivity index (χ4n) is 4.22. The third-order valence-corrected chi connectivity index (χ3v) is 5.92. The quantitative estimate of drug-likeness (QED) is 0.490. The first kappa shape index (κ1) is 21.7. The zero-order valence-electron chi connectivity index (χ0n) is 17.3. The van der Waals surface area contributed by atoms with E-state index in [1.165, 1.54) is 13.2 Å². The molecule has 1 fully saturated rings. The maximum absolute atomic E-state index is 14.6. The second-order valence-corrected chi connectivity index (χ2v) is 7.89. The van der Waals surface area contributed by atoms with E-state index in [9.17, 15) is 24.8 Å². The number of aromatic nitrogens is 1. The molecule has 0 spiro atoms. The first-order chi connectivity index (χ1) is 14.8. The third-order valence-electron chi connectivity index (χ3n) is 5.92. The molecule has 166 valence electrons. The number of fused-ring (bicyclic) bond motifs is 1. The van der Waals surface area contributed by atoms with Crippen LogP contribution in [0, 0.1) is 12.7 Å². The lowest BCUT2D eigenvalue weighted by atomic mass is 9.98. The molecule has 5 atom stereocenters. The Kier molecular flexibility index (Phi) is 6.00.